The van der Waals surface area contributed by atoms with E-state index in [9.17, 15) is 10.2 Å². The average Bonchev–Trinajstić information content (AvgIpc) is 2.86. The molecular formula is C20H24O4. The smallest absolute Gasteiger partial charge is 0.201 e. The lowest BCUT2D eigenvalue weighted by molar-refractivity contribution is 0.336. The van der Waals surface area contributed by atoms with Crippen LogP contribution in [0.3, 0.4) is 0 Å². The van der Waals surface area contributed by atoms with Gasteiger partial charge in [-0.25, -0.2) is 0 Å². The van der Waals surface area contributed by atoms with Crippen molar-refractivity contribution < 1.29 is 19.7 Å². The zero-order valence-corrected chi connectivity index (χ0v) is 14.5. The van der Waals surface area contributed by atoms with Crippen molar-refractivity contribution in [2.45, 2.75) is 32.1 Å². The number of aromatic hydroxyl groups is 2. The molecule has 128 valence electrons. The average molecular weight is 328 g/mol. The van der Waals surface area contributed by atoms with Gasteiger partial charge in [-0.1, -0.05) is 26.0 Å². The van der Waals surface area contributed by atoms with Crippen molar-refractivity contribution in [3.05, 3.63) is 47.0 Å². The lowest BCUT2D eigenvalue weighted by Gasteiger charge is -2.22. The molecule has 0 bridgehead atoms. The van der Waals surface area contributed by atoms with Crippen molar-refractivity contribution in [1.29, 1.82) is 0 Å². The second-order valence-electron chi connectivity index (χ2n) is 6.41. The molecule has 2 aromatic rings. The van der Waals surface area contributed by atoms with Gasteiger partial charge in [0.05, 0.1) is 14.2 Å². The Morgan fingerprint density at radius 3 is 2.25 bits per heavy atom. The molecule has 0 aliphatic heterocycles. The van der Waals surface area contributed by atoms with Gasteiger partial charge >= 0.3 is 0 Å². The van der Waals surface area contributed by atoms with Gasteiger partial charge in [0.2, 0.25) is 5.75 Å². The highest BCUT2D eigenvalue weighted by atomic mass is 16.5. The Morgan fingerprint density at radius 2 is 1.71 bits per heavy atom. The van der Waals surface area contributed by atoms with E-state index in [1.54, 1.807) is 26.4 Å². The van der Waals surface area contributed by atoms with Crippen LogP contribution in [0, 0.1) is 5.92 Å². The van der Waals surface area contributed by atoms with E-state index in [2.05, 4.69) is 13.8 Å². The second-order valence-corrected chi connectivity index (χ2v) is 6.41. The second kappa shape index (κ2) is 6.27. The molecule has 4 nitrogen and oxygen atoms in total. The minimum atomic E-state index is 0.0477. The third-order valence-electron chi connectivity index (χ3n) is 5.28. The number of rotatable bonds is 4. The quantitative estimate of drug-likeness (QED) is 0.874. The summed E-state index contributed by atoms with van der Waals surface area (Å²) in [7, 11) is 3.13. The monoisotopic (exact) mass is 328 g/mol. The number of ether oxygens (including phenoxy) is 2. The summed E-state index contributed by atoms with van der Waals surface area (Å²) < 4.78 is 10.9. The lowest BCUT2D eigenvalue weighted by atomic mass is 9.83. The number of benzene rings is 2. The van der Waals surface area contributed by atoms with Crippen LogP contribution in [0.25, 0.3) is 0 Å². The molecular weight excluding hydrogens is 304 g/mol. The number of phenolic OH excluding ortho intramolecular Hbond substituents is 2. The van der Waals surface area contributed by atoms with E-state index in [1.807, 2.05) is 18.2 Å². The minimum absolute atomic E-state index is 0.0477. The molecule has 1 aliphatic rings. The van der Waals surface area contributed by atoms with E-state index < -0.39 is 0 Å². The van der Waals surface area contributed by atoms with Crippen molar-refractivity contribution in [2.24, 2.45) is 5.92 Å². The summed E-state index contributed by atoms with van der Waals surface area (Å²) in [4.78, 5) is 0. The van der Waals surface area contributed by atoms with Crippen LogP contribution in [0.2, 0.25) is 0 Å². The largest absolute Gasteiger partial charge is 0.508 e. The zero-order valence-electron chi connectivity index (χ0n) is 14.5. The normalized spacial score (nSPS) is 22.2. The maximum absolute atomic E-state index is 10.5. The third kappa shape index (κ3) is 2.37. The Kier molecular flexibility index (Phi) is 4.31. The SMILES string of the molecule is CC[C@H]1c2cc(OC)c(O)c(OC)c2[C@@H](c2ccc(O)cc2)[C@H]1C. The van der Waals surface area contributed by atoms with E-state index >= 15 is 0 Å². The van der Waals surface area contributed by atoms with Crippen LogP contribution in [0.15, 0.2) is 30.3 Å². The Balaban J connectivity index is 2.25. The van der Waals surface area contributed by atoms with Crippen LogP contribution < -0.4 is 9.47 Å². The molecule has 0 radical (unpaired) electrons. The van der Waals surface area contributed by atoms with E-state index in [0.29, 0.717) is 23.3 Å². The van der Waals surface area contributed by atoms with Crippen molar-refractivity contribution in [2.75, 3.05) is 14.2 Å². The maximum atomic E-state index is 10.5. The van der Waals surface area contributed by atoms with E-state index in [0.717, 1.165) is 17.5 Å². The summed E-state index contributed by atoms with van der Waals surface area (Å²) in [5, 5.41) is 20.1. The fourth-order valence-electron chi connectivity index (χ4n) is 4.17. The molecule has 2 N–H and O–H groups in total. The predicted octanol–water partition coefficient (Wildman–Crippen LogP) is 4.39. The number of hydrogen-bond acceptors (Lipinski definition) is 4. The third-order valence-corrected chi connectivity index (χ3v) is 5.28. The fraction of sp³-hybridized carbons (Fsp3) is 0.400. The first-order valence-electron chi connectivity index (χ1n) is 8.30. The molecule has 4 heteroatoms. The summed E-state index contributed by atoms with van der Waals surface area (Å²) in [5.74, 6) is 2.06. The number of hydrogen-bond donors (Lipinski definition) is 2. The highest BCUT2D eigenvalue weighted by molar-refractivity contribution is 5.64. The lowest BCUT2D eigenvalue weighted by Crippen LogP contribution is -2.09. The van der Waals surface area contributed by atoms with Gasteiger partial charge in [-0.2, -0.15) is 0 Å². The number of fused-ring (bicyclic) bond motifs is 1. The van der Waals surface area contributed by atoms with Crippen LogP contribution in [0.1, 0.15) is 48.8 Å². The van der Waals surface area contributed by atoms with E-state index in [1.165, 1.54) is 5.56 Å². The van der Waals surface area contributed by atoms with Crippen LogP contribution in [-0.4, -0.2) is 24.4 Å². The van der Waals surface area contributed by atoms with Crippen LogP contribution in [-0.2, 0) is 0 Å². The van der Waals surface area contributed by atoms with Gasteiger partial charge < -0.3 is 19.7 Å². The summed E-state index contributed by atoms with van der Waals surface area (Å²) in [6.45, 7) is 4.41. The van der Waals surface area contributed by atoms with E-state index in [4.69, 9.17) is 9.47 Å². The molecule has 24 heavy (non-hydrogen) atoms. The molecule has 1 aliphatic carbocycles. The summed E-state index contributed by atoms with van der Waals surface area (Å²) in [6.07, 6.45) is 1.000. The van der Waals surface area contributed by atoms with Crippen LogP contribution in [0.4, 0.5) is 0 Å². The van der Waals surface area contributed by atoms with Gasteiger partial charge in [-0.15, -0.1) is 0 Å². The van der Waals surface area contributed by atoms with E-state index in [-0.39, 0.29) is 17.4 Å². The molecule has 0 spiro atoms. The van der Waals surface area contributed by atoms with Crippen LogP contribution in [0.5, 0.6) is 23.0 Å². The Labute approximate surface area is 142 Å². The zero-order chi connectivity index (χ0) is 17.4. The van der Waals surface area contributed by atoms with Crippen molar-refractivity contribution in [1.82, 2.24) is 0 Å². The molecule has 0 aromatic heterocycles. The van der Waals surface area contributed by atoms with Gasteiger partial charge in [-0.3, -0.25) is 0 Å². The summed E-state index contributed by atoms with van der Waals surface area (Å²) in [6, 6.07) is 9.24. The molecule has 0 amide bonds. The van der Waals surface area contributed by atoms with Crippen molar-refractivity contribution in [3.63, 3.8) is 0 Å². The standard InChI is InChI=1S/C20H24O4/c1-5-14-11(2)17(12-6-8-13(21)9-7-12)18-15(14)10-16(23-3)19(22)20(18)24-4/h6-11,14,17,21-22H,5H2,1-4H3/t11-,14+,17+/m0/s1. The highest BCUT2D eigenvalue weighted by Crippen LogP contribution is 2.58. The predicted molar refractivity (Wildman–Crippen MR) is 93.4 cm³/mol. The van der Waals surface area contributed by atoms with Crippen molar-refractivity contribution >= 4 is 0 Å². The van der Waals surface area contributed by atoms with Gasteiger partial charge in [0.1, 0.15) is 5.75 Å². The Bertz CT molecular complexity index is 736. The molecule has 3 atom stereocenters. The molecule has 0 fully saturated rings. The van der Waals surface area contributed by atoms with Crippen LogP contribution >= 0.6 is 0 Å². The molecule has 0 saturated carbocycles. The first-order chi connectivity index (χ1) is 11.5. The maximum Gasteiger partial charge on any atom is 0.201 e. The van der Waals surface area contributed by atoms with Gasteiger partial charge in [0.15, 0.2) is 11.5 Å². The number of phenols is 2. The highest BCUT2D eigenvalue weighted by Gasteiger charge is 2.41. The summed E-state index contributed by atoms with van der Waals surface area (Å²) >= 11 is 0. The molecule has 0 unspecified atom stereocenters. The fourth-order valence-corrected chi connectivity index (χ4v) is 4.17. The molecule has 3 rings (SSSR count). The first-order valence-corrected chi connectivity index (χ1v) is 8.30. The first kappa shape index (κ1) is 16.5. The number of methoxy groups -OCH3 is 2. The Hall–Kier alpha value is -2.36. The van der Waals surface area contributed by atoms with Gasteiger partial charge in [0, 0.05) is 11.5 Å². The Morgan fingerprint density at radius 1 is 1.04 bits per heavy atom. The van der Waals surface area contributed by atoms with Gasteiger partial charge in [-0.05, 0) is 47.6 Å². The van der Waals surface area contributed by atoms with Gasteiger partial charge in [0.25, 0.3) is 0 Å². The topological polar surface area (TPSA) is 58.9 Å². The minimum Gasteiger partial charge on any atom is -0.508 e. The molecule has 0 saturated heterocycles. The van der Waals surface area contributed by atoms with Crippen molar-refractivity contribution in [3.8, 4) is 23.0 Å². The molecule has 0 heterocycles. The summed E-state index contributed by atoms with van der Waals surface area (Å²) in [5.41, 5.74) is 3.32. The molecule has 2 aromatic carbocycles.